The number of hydrogen-bond acceptors (Lipinski definition) is 4. The Bertz CT molecular complexity index is 675. The third-order valence-corrected chi connectivity index (χ3v) is 5.43. The summed E-state index contributed by atoms with van der Waals surface area (Å²) in [6.07, 6.45) is 5.28. The first-order valence-corrected chi connectivity index (χ1v) is 8.64. The molecule has 0 bridgehead atoms. The van der Waals surface area contributed by atoms with Gasteiger partial charge in [0.05, 0.1) is 17.2 Å². The highest BCUT2D eigenvalue weighted by Crippen LogP contribution is 2.35. The van der Waals surface area contributed by atoms with Crippen LogP contribution < -0.4 is 0 Å². The number of nitrogens with zero attached hydrogens (tertiary/aromatic N) is 2. The molecular formula is C19H24N2O2. The average molecular weight is 312 g/mol. The maximum Gasteiger partial charge on any atom is 0.0964 e. The van der Waals surface area contributed by atoms with Gasteiger partial charge >= 0.3 is 0 Å². The number of fused-ring (bicyclic) bond motifs is 1. The molecule has 2 aliphatic rings. The SMILES string of the molecule is O[C@@H]1CCCOC12CCN(Cc1cccc3cccnc13)CC2. The van der Waals surface area contributed by atoms with E-state index in [1.807, 2.05) is 12.3 Å². The van der Waals surface area contributed by atoms with Crippen molar-refractivity contribution in [2.45, 2.75) is 43.9 Å². The van der Waals surface area contributed by atoms with Gasteiger partial charge in [-0.15, -0.1) is 0 Å². The molecule has 4 rings (SSSR count). The Morgan fingerprint density at radius 1 is 1.22 bits per heavy atom. The van der Waals surface area contributed by atoms with Crippen molar-refractivity contribution in [1.82, 2.24) is 9.88 Å². The maximum atomic E-state index is 10.3. The predicted molar refractivity (Wildman–Crippen MR) is 90.2 cm³/mol. The van der Waals surface area contributed by atoms with E-state index in [4.69, 9.17) is 4.74 Å². The number of aliphatic hydroxyl groups excluding tert-OH is 1. The lowest BCUT2D eigenvalue weighted by atomic mass is 9.82. The molecule has 2 fully saturated rings. The molecule has 3 heterocycles. The van der Waals surface area contributed by atoms with E-state index in [-0.39, 0.29) is 11.7 Å². The van der Waals surface area contributed by atoms with Gasteiger partial charge in [0, 0.05) is 37.8 Å². The number of aromatic nitrogens is 1. The highest BCUT2D eigenvalue weighted by atomic mass is 16.5. The standard InChI is InChI=1S/C19H24N2O2/c22-17-7-3-13-23-19(17)8-11-21(12-9-19)14-16-5-1-4-15-6-2-10-20-18(15)16/h1-2,4-6,10,17,22H,3,7-9,11-14H2/t17-/m1/s1. The number of hydrogen-bond donors (Lipinski definition) is 1. The predicted octanol–water partition coefficient (Wildman–Crippen LogP) is 2.74. The van der Waals surface area contributed by atoms with E-state index in [2.05, 4.69) is 34.1 Å². The van der Waals surface area contributed by atoms with Gasteiger partial charge < -0.3 is 9.84 Å². The minimum absolute atomic E-state index is 0.286. The van der Waals surface area contributed by atoms with Crippen molar-refractivity contribution in [3.63, 3.8) is 0 Å². The van der Waals surface area contributed by atoms with Crippen molar-refractivity contribution in [2.24, 2.45) is 0 Å². The monoisotopic (exact) mass is 312 g/mol. The molecule has 1 atom stereocenters. The van der Waals surface area contributed by atoms with Gasteiger partial charge in [-0.05, 0) is 37.3 Å². The second-order valence-corrected chi connectivity index (χ2v) is 6.84. The molecule has 122 valence electrons. The number of aliphatic hydroxyl groups is 1. The van der Waals surface area contributed by atoms with E-state index in [1.54, 1.807) is 0 Å². The number of likely N-dealkylation sites (tertiary alicyclic amines) is 1. The third kappa shape index (κ3) is 2.87. The molecule has 2 saturated heterocycles. The van der Waals surface area contributed by atoms with Gasteiger partial charge in [0.1, 0.15) is 0 Å². The molecule has 1 aromatic heterocycles. The highest BCUT2D eigenvalue weighted by Gasteiger charge is 2.43. The molecule has 2 aliphatic heterocycles. The van der Waals surface area contributed by atoms with Crippen LogP contribution in [0.5, 0.6) is 0 Å². The summed E-state index contributed by atoms with van der Waals surface area (Å²) in [5, 5.41) is 11.5. The van der Waals surface area contributed by atoms with Crippen molar-refractivity contribution in [3.8, 4) is 0 Å². The summed E-state index contributed by atoms with van der Waals surface area (Å²) in [6.45, 7) is 3.66. The fraction of sp³-hybridized carbons (Fsp3) is 0.526. The molecule has 4 heteroatoms. The van der Waals surface area contributed by atoms with Gasteiger partial charge in [-0.25, -0.2) is 0 Å². The van der Waals surface area contributed by atoms with Gasteiger partial charge in [-0.2, -0.15) is 0 Å². The maximum absolute atomic E-state index is 10.3. The van der Waals surface area contributed by atoms with Crippen LogP contribution in [-0.2, 0) is 11.3 Å². The zero-order valence-electron chi connectivity index (χ0n) is 13.4. The van der Waals surface area contributed by atoms with E-state index < -0.39 is 0 Å². The molecule has 0 saturated carbocycles. The molecule has 1 spiro atoms. The summed E-state index contributed by atoms with van der Waals surface area (Å²) in [4.78, 5) is 7.01. The Hall–Kier alpha value is -1.49. The Labute approximate surface area is 137 Å². The van der Waals surface area contributed by atoms with Crippen molar-refractivity contribution in [3.05, 3.63) is 42.1 Å². The van der Waals surface area contributed by atoms with Gasteiger partial charge in [-0.3, -0.25) is 9.88 Å². The highest BCUT2D eigenvalue weighted by molar-refractivity contribution is 5.81. The Balaban J connectivity index is 1.47. The number of pyridine rings is 1. The molecule has 4 nitrogen and oxygen atoms in total. The van der Waals surface area contributed by atoms with Crippen molar-refractivity contribution in [2.75, 3.05) is 19.7 Å². The van der Waals surface area contributed by atoms with E-state index in [0.29, 0.717) is 0 Å². The van der Waals surface area contributed by atoms with Crippen LogP contribution in [0.1, 0.15) is 31.2 Å². The number of para-hydroxylation sites is 1. The average Bonchev–Trinajstić information content (AvgIpc) is 2.60. The number of benzene rings is 1. The zero-order chi connectivity index (χ0) is 15.7. The smallest absolute Gasteiger partial charge is 0.0964 e. The van der Waals surface area contributed by atoms with Crippen LogP contribution in [0.3, 0.4) is 0 Å². The van der Waals surface area contributed by atoms with Crippen LogP contribution in [0.15, 0.2) is 36.5 Å². The van der Waals surface area contributed by atoms with Crippen molar-refractivity contribution in [1.29, 1.82) is 0 Å². The van der Waals surface area contributed by atoms with Crippen LogP contribution in [0.2, 0.25) is 0 Å². The summed E-state index contributed by atoms with van der Waals surface area (Å²) in [6, 6.07) is 10.5. The molecule has 0 unspecified atom stereocenters. The topological polar surface area (TPSA) is 45.6 Å². The van der Waals surface area contributed by atoms with Crippen LogP contribution >= 0.6 is 0 Å². The summed E-state index contributed by atoms with van der Waals surface area (Å²) in [5.41, 5.74) is 2.10. The minimum Gasteiger partial charge on any atom is -0.390 e. The lowest BCUT2D eigenvalue weighted by Crippen LogP contribution is -2.55. The third-order valence-electron chi connectivity index (χ3n) is 5.43. The van der Waals surface area contributed by atoms with E-state index in [9.17, 15) is 5.11 Å². The molecule has 1 aromatic carbocycles. The van der Waals surface area contributed by atoms with Gasteiger partial charge in [-0.1, -0.05) is 24.3 Å². The second-order valence-electron chi connectivity index (χ2n) is 6.84. The minimum atomic E-state index is -0.294. The fourth-order valence-corrected chi connectivity index (χ4v) is 4.01. The van der Waals surface area contributed by atoms with Crippen LogP contribution in [0.25, 0.3) is 10.9 Å². The zero-order valence-corrected chi connectivity index (χ0v) is 13.4. The molecule has 0 amide bonds. The summed E-state index contributed by atoms with van der Waals surface area (Å²) < 4.78 is 6.00. The number of rotatable bonds is 2. The molecule has 2 aromatic rings. The quantitative estimate of drug-likeness (QED) is 0.926. The van der Waals surface area contributed by atoms with Crippen molar-refractivity contribution >= 4 is 10.9 Å². The van der Waals surface area contributed by atoms with Crippen molar-refractivity contribution < 1.29 is 9.84 Å². The largest absolute Gasteiger partial charge is 0.390 e. The summed E-state index contributed by atoms with van der Waals surface area (Å²) in [7, 11) is 0. The molecular weight excluding hydrogens is 288 g/mol. The summed E-state index contributed by atoms with van der Waals surface area (Å²) >= 11 is 0. The molecule has 0 radical (unpaired) electrons. The molecule has 1 N–H and O–H groups in total. The number of piperidine rings is 1. The Morgan fingerprint density at radius 3 is 2.87 bits per heavy atom. The van der Waals surface area contributed by atoms with Crippen LogP contribution in [-0.4, -0.2) is 46.4 Å². The van der Waals surface area contributed by atoms with Crippen LogP contribution in [0.4, 0.5) is 0 Å². The van der Waals surface area contributed by atoms with Gasteiger partial charge in [0.15, 0.2) is 0 Å². The van der Waals surface area contributed by atoms with E-state index in [1.165, 1.54) is 10.9 Å². The van der Waals surface area contributed by atoms with E-state index >= 15 is 0 Å². The fourth-order valence-electron chi connectivity index (χ4n) is 4.01. The first-order valence-electron chi connectivity index (χ1n) is 8.64. The summed E-state index contributed by atoms with van der Waals surface area (Å²) in [5.74, 6) is 0. The first kappa shape index (κ1) is 15.1. The van der Waals surface area contributed by atoms with Gasteiger partial charge in [0.25, 0.3) is 0 Å². The first-order chi connectivity index (χ1) is 11.3. The Morgan fingerprint density at radius 2 is 2.04 bits per heavy atom. The number of ether oxygens (including phenoxy) is 1. The normalized spacial score (nSPS) is 25.0. The Kier molecular flexibility index (Phi) is 4.05. The van der Waals surface area contributed by atoms with Gasteiger partial charge in [0.2, 0.25) is 0 Å². The van der Waals surface area contributed by atoms with Crippen LogP contribution in [0, 0.1) is 0 Å². The lowest BCUT2D eigenvalue weighted by Gasteiger charge is -2.46. The van der Waals surface area contributed by atoms with E-state index in [0.717, 1.165) is 57.4 Å². The molecule has 0 aliphatic carbocycles. The molecule has 23 heavy (non-hydrogen) atoms. The lowest BCUT2D eigenvalue weighted by molar-refractivity contribution is -0.177. The second kappa shape index (κ2) is 6.19.